The molecule has 1 saturated heterocycles. The molecule has 1 aliphatic heterocycles. The first-order valence-electron chi connectivity index (χ1n) is 7.91. The smallest absolute Gasteiger partial charge is 0.226 e. The third-order valence-electron chi connectivity index (χ3n) is 4.19. The molecule has 0 bridgehead atoms. The molecule has 0 spiro atoms. The zero-order valence-corrected chi connectivity index (χ0v) is 13.7. The number of piperazine rings is 1. The van der Waals surface area contributed by atoms with Gasteiger partial charge in [0.2, 0.25) is 5.95 Å². The Kier molecular flexibility index (Phi) is 4.04. The summed E-state index contributed by atoms with van der Waals surface area (Å²) < 4.78 is 14.5. The standard InChI is InChI=1S/C18H16ClFN4/c19-13-5-3-6-14(20)16(13)17-12-4-1-2-7-15(12)22-18(23-17)24-10-8-21-9-11-24/h1-7,21H,8-11H2. The first-order valence-corrected chi connectivity index (χ1v) is 8.28. The van der Waals surface area contributed by atoms with Crippen LogP contribution in [0, 0.1) is 5.82 Å². The van der Waals surface area contributed by atoms with E-state index < -0.39 is 0 Å². The van der Waals surface area contributed by atoms with Crippen molar-refractivity contribution in [3.8, 4) is 11.3 Å². The minimum absolute atomic E-state index is 0.328. The first-order chi connectivity index (χ1) is 11.7. The van der Waals surface area contributed by atoms with Crippen LogP contribution in [0.15, 0.2) is 42.5 Å². The van der Waals surface area contributed by atoms with Gasteiger partial charge in [0.05, 0.1) is 21.8 Å². The van der Waals surface area contributed by atoms with Crippen molar-refractivity contribution in [2.24, 2.45) is 0 Å². The predicted octanol–water partition coefficient (Wildman–Crippen LogP) is 3.50. The molecule has 1 aliphatic rings. The van der Waals surface area contributed by atoms with E-state index >= 15 is 0 Å². The summed E-state index contributed by atoms with van der Waals surface area (Å²) in [5.41, 5.74) is 1.65. The molecular formula is C18H16ClFN4. The lowest BCUT2D eigenvalue weighted by atomic mass is 10.1. The van der Waals surface area contributed by atoms with E-state index in [-0.39, 0.29) is 5.82 Å². The molecule has 4 nitrogen and oxygen atoms in total. The molecule has 1 fully saturated rings. The number of anilines is 1. The van der Waals surface area contributed by atoms with E-state index in [2.05, 4.69) is 20.2 Å². The maximum Gasteiger partial charge on any atom is 0.226 e. The molecule has 0 amide bonds. The van der Waals surface area contributed by atoms with Crippen LogP contribution >= 0.6 is 11.6 Å². The van der Waals surface area contributed by atoms with Gasteiger partial charge in [-0.15, -0.1) is 0 Å². The average molecular weight is 343 g/mol. The molecule has 24 heavy (non-hydrogen) atoms. The minimum Gasteiger partial charge on any atom is -0.338 e. The second-order valence-electron chi connectivity index (χ2n) is 5.72. The summed E-state index contributed by atoms with van der Waals surface area (Å²) in [6.45, 7) is 3.41. The highest BCUT2D eigenvalue weighted by atomic mass is 35.5. The molecule has 1 aromatic heterocycles. The van der Waals surface area contributed by atoms with E-state index in [1.807, 2.05) is 24.3 Å². The van der Waals surface area contributed by atoms with Crippen molar-refractivity contribution in [2.75, 3.05) is 31.1 Å². The quantitative estimate of drug-likeness (QED) is 0.774. The van der Waals surface area contributed by atoms with Gasteiger partial charge in [-0.1, -0.05) is 35.9 Å². The number of rotatable bonds is 2. The van der Waals surface area contributed by atoms with Crippen LogP contribution in [0.5, 0.6) is 0 Å². The molecule has 3 aromatic rings. The van der Waals surface area contributed by atoms with Crippen LogP contribution in [0.25, 0.3) is 22.2 Å². The fourth-order valence-corrected chi connectivity index (χ4v) is 3.24. The summed E-state index contributed by atoms with van der Waals surface area (Å²) in [5.74, 6) is 0.238. The van der Waals surface area contributed by atoms with Crippen molar-refractivity contribution >= 4 is 28.5 Å². The van der Waals surface area contributed by atoms with Gasteiger partial charge >= 0.3 is 0 Å². The van der Waals surface area contributed by atoms with Gasteiger partial charge in [0.15, 0.2) is 0 Å². The van der Waals surface area contributed by atoms with E-state index in [0.29, 0.717) is 22.2 Å². The first kappa shape index (κ1) is 15.3. The summed E-state index contributed by atoms with van der Waals surface area (Å²) >= 11 is 6.28. The Morgan fingerprint density at radius 2 is 1.79 bits per heavy atom. The molecule has 0 radical (unpaired) electrons. The monoisotopic (exact) mass is 342 g/mol. The van der Waals surface area contributed by atoms with Gasteiger partial charge in [0.25, 0.3) is 0 Å². The molecular weight excluding hydrogens is 327 g/mol. The lowest BCUT2D eigenvalue weighted by Gasteiger charge is -2.28. The Labute approximate surface area is 144 Å². The van der Waals surface area contributed by atoms with E-state index in [0.717, 1.165) is 37.1 Å². The Balaban J connectivity index is 1.96. The van der Waals surface area contributed by atoms with Gasteiger partial charge in [0, 0.05) is 31.6 Å². The van der Waals surface area contributed by atoms with Crippen LogP contribution < -0.4 is 10.2 Å². The van der Waals surface area contributed by atoms with E-state index in [1.165, 1.54) is 6.07 Å². The number of para-hydroxylation sites is 1. The SMILES string of the molecule is Fc1cccc(Cl)c1-c1nc(N2CCNCC2)nc2ccccc12. The fraction of sp³-hybridized carbons (Fsp3) is 0.222. The Morgan fingerprint density at radius 1 is 1.00 bits per heavy atom. The Morgan fingerprint density at radius 3 is 2.58 bits per heavy atom. The average Bonchev–Trinajstić information content (AvgIpc) is 2.62. The lowest BCUT2D eigenvalue weighted by molar-refractivity contribution is 0.580. The summed E-state index contributed by atoms with van der Waals surface area (Å²) in [6.07, 6.45) is 0. The third-order valence-corrected chi connectivity index (χ3v) is 4.51. The highest BCUT2D eigenvalue weighted by molar-refractivity contribution is 6.33. The molecule has 6 heteroatoms. The second-order valence-corrected chi connectivity index (χ2v) is 6.13. The Hall–Kier alpha value is -2.24. The molecule has 4 rings (SSSR count). The van der Waals surface area contributed by atoms with Crippen molar-refractivity contribution in [3.05, 3.63) is 53.3 Å². The van der Waals surface area contributed by atoms with E-state index in [9.17, 15) is 4.39 Å². The number of fused-ring (bicyclic) bond motifs is 1. The van der Waals surface area contributed by atoms with Crippen molar-refractivity contribution in [2.45, 2.75) is 0 Å². The molecule has 1 N–H and O–H groups in total. The lowest BCUT2D eigenvalue weighted by Crippen LogP contribution is -2.44. The number of aromatic nitrogens is 2. The normalized spacial score (nSPS) is 15.0. The van der Waals surface area contributed by atoms with Gasteiger partial charge < -0.3 is 10.2 Å². The van der Waals surface area contributed by atoms with Crippen LogP contribution in [0.2, 0.25) is 5.02 Å². The molecule has 122 valence electrons. The maximum atomic E-state index is 14.5. The van der Waals surface area contributed by atoms with Crippen LogP contribution in [0.3, 0.4) is 0 Å². The van der Waals surface area contributed by atoms with Crippen molar-refractivity contribution in [1.29, 1.82) is 0 Å². The molecule has 2 aromatic carbocycles. The largest absolute Gasteiger partial charge is 0.338 e. The Bertz CT molecular complexity index is 873. The number of nitrogens with zero attached hydrogens (tertiary/aromatic N) is 3. The summed E-state index contributed by atoms with van der Waals surface area (Å²) in [5, 5.41) is 4.45. The van der Waals surface area contributed by atoms with Crippen LogP contribution in [-0.4, -0.2) is 36.1 Å². The third kappa shape index (κ3) is 2.70. The number of nitrogens with one attached hydrogen (secondary N) is 1. The summed E-state index contributed by atoms with van der Waals surface area (Å²) in [4.78, 5) is 11.5. The minimum atomic E-state index is -0.377. The van der Waals surface area contributed by atoms with Gasteiger partial charge in [0.1, 0.15) is 5.82 Å². The van der Waals surface area contributed by atoms with E-state index in [1.54, 1.807) is 12.1 Å². The molecule has 0 unspecified atom stereocenters. The zero-order valence-electron chi connectivity index (χ0n) is 13.0. The van der Waals surface area contributed by atoms with Crippen LogP contribution in [0.4, 0.5) is 10.3 Å². The molecule has 0 aliphatic carbocycles. The maximum absolute atomic E-state index is 14.5. The topological polar surface area (TPSA) is 41.1 Å². The highest BCUT2D eigenvalue weighted by Gasteiger charge is 2.19. The number of hydrogen-bond acceptors (Lipinski definition) is 4. The number of hydrogen-bond donors (Lipinski definition) is 1. The van der Waals surface area contributed by atoms with Crippen molar-refractivity contribution in [3.63, 3.8) is 0 Å². The van der Waals surface area contributed by atoms with E-state index in [4.69, 9.17) is 11.6 Å². The molecule has 2 heterocycles. The molecule has 0 saturated carbocycles. The molecule has 0 atom stereocenters. The zero-order chi connectivity index (χ0) is 16.5. The summed E-state index contributed by atoms with van der Waals surface area (Å²) in [7, 11) is 0. The predicted molar refractivity (Wildman–Crippen MR) is 95.0 cm³/mol. The fourth-order valence-electron chi connectivity index (χ4n) is 2.99. The highest BCUT2D eigenvalue weighted by Crippen LogP contribution is 2.34. The van der Waals surface area contributed by atoms with Crippen molar-refractivity contribution < 1.29 is 4.39 Å². The van der Waals surface area contributed by atoms with Gasteiger partial charge in [-0.2, -0.15) is 0 Å². The van der Waals surface area contributed by atoms with Crippen molar-refractivity contribution in [1.82, 2.24) is 15.3 Å². The van der Waals surface area contributed by atoms with Gasteiger partial charge in [-0.3, -0.25) is 0 Å². The number of benzene rings is 2. The number of halogens is 2. The van der Waals surface area contributed by atoms with Crippen LogP contribution in [-0.2, 0) is 0 Å². The van der Waals surface area contributed by atoms with Crippen LogP contribution in [0.1, 0.15) is 0 Å². The second kappa shape index (κ2) is 6.34. The van der Waals surface area contributed by atoms with Gasteiger partial charge in [-0.05, 0) is 18.2 Å². The van der Waals surface area contributed by atoms with Gasteiger partial charge in [-0.25, -0.2) is 14.4 Å². The summed E-state index contributed by atoms with van der Waals surface area (Å²) in [6, 6.07) is 12.3.